The van der Waals surface area contributed by atoms with Gasteiger partial charge in [0.2, 0.25) is 0 Å². The fourth-order valence-corrected chi connectivity index (χ4v) is 2.40. The summed E-state index contributed by atoms with van der Waals surface area (Å²) in [5.41, 5.74) is 12.9. The number of carbonyl (C=O) groups is 1. The number of allylic oxidation sites excluding steroid dienone is 1. The summed E-state index contributed by atoms with van der Waals surface area (Å²) in [7, 11) is 1.58. The Bertz CT molecular complexity index is 836. The molecule has 1 atom stereocenters. The Balaban J connectivity index is 2.02. The van der Waals surface area contributed by atoms with Gasteiger partial charge >= 0.3 is 5.97 Å². The third-order valence-electron chi connectivity index (χ3n) is 3.62. The van der Waals surface area contributed by atoms with Crippen molar-refractivity contribution >= 4 is 35.3 Å². The molecular weight excluding hydrogens is 336 g/mol. The number of carboxylic acids is 1. The Morgan fingerprint density at radius 3 is 2.96 bits per heavy atom. The third kappa shape index (κ3) is 5.07. The summed E-state index contributed by atoms with van der Waals surface area (Å²) in [5.74, 6) is -0.360. The number of methoxy groups -OCH3 is 1. The molecule has 0 aliphatic carbocycles. The van der Waals surface area contributed by atoms with Crippen LogP contribution in [0.25, 0.3) is 17.1 Å². The molecular formula is C17H22N6O3. The van der Waals surface area contributed by atoms with Crippen molar-refractivity contribution in [3.8, 4) is 5.75 Å². The first-order valence-electron chi connectivity index (χ1n) is 8.01. The second-order valence-electron chi connectivity index (χ2n) is 5.45. The molecule has 0 radical (unpaired) electrons. The summed E-state index contributed by atoms with van der Waals surface area (Å²) >= 11 is 0. The van der Waals surface area contributed by atoms with Crippen LogP contribution in [0.15, 0.2) is 34.5 Å². The molecule has 1 aromatic heterocycles. The molecule has 9 heteroatoms. The van der Waals surface area contributed by atoms with Crippen LogP contribution in [0.3, 0.4) is 0 Å². The number of rotatable bonds is 9. The molecule has 2 aromatic rings. The molecule has 0 saturated heterocycles. The normalized spacial score (nSPS) is 12.7. The topological polar surface area (TPSA) is 152 Å². The summed E-state index contributed by atoms with van der Waals surface area (Å²) in [4.78, 5) is 26.4. The molecule has 0 saturated carbocycles. The maximum atomic E-state index is 11.3. The van der Waals surface area contributed by atoms with Crippen molar-refractivity contribution in [3.63, 3.8) is 0 Å². The molecule has 0 unspecified atom stereocenters. The first-order chi connectivity index (χ1) is 12.5. The monoisotopic (exact) mass is 358 g/mol. The van der Waals surface area contributed by atoms with Crippen LogP contribution in [0.5, 0.6) is 5.75 Å². The van der Waals surface area contributed by atoms with Crippen LogP contribution >= 0.6 is 0 Å². The highest BCUT2D eigenvalue weighted by Gasteiger charge is 2.14. The number of aliphatic carboxylic acids is 1. The fraction of sp³-hybridized carbons (Fsp3) is 0.294. The van der Waals surface area contributed by atoms with Crippen molar-refractivity contribution < 1.29 is 14.6 Å². The van der Waals surface area contributed by atoms with Crippen LogP contribution in [-0.4, -0.2) is 52.9 Å². The van der Waals surface area contributed by atoms with Crippen LogP contribution in [0, 0.1) is 0 Å². The van der Waals surface area contributed by atoms with Gasteiger partial charge in [0.25, 0.3) is 0 Å². The Hall–Kier alpha value is -3.36. The zero-order valence-electron chi connectivity index (χ0n) is 14.4. The number of hydrogen-bond acceptors (Lipinski definition) is 5. The van der Waals surface area contributed by atoms with Crippen molar-refractivity contribution in [2.45, 2.75) is 18.9 Å². The Morgan fingerprint density at radius 1 is 1.46 bits per heavy atom. The van der Waals surface area contributed by atoms with Gasteiger partial charge in [-0.2, -0.15) is 0 Å². The SMILES string of the molecule is COc1c(/C=C/C=N[C@@H](CCCN=C(N)N)C(=O)O)ccc2[nH]cnc12. The van der Waals surface area contributed by atoms with E-state index in [2.05, 4.69) is 20.0 Å². The van der Waals surface area contributed by atoms with E-state index in [-0.39, 0.29) is 5.96 Å². The van der Waals surface area contributed by atoms with Gasteiger partial charge < -0.3 is 26.3 Å². The van der Waals surface area contributed by atoms with Gasteiger partial charge in [-0.1, -0.05) is 0 Å². The number of guanidine groups is 1. The Labute approximate surface area is 150 Å². The van der Waals surface area contributed by atoms with E-state index in [1.165, 1.54) is 6.21 Å². The zero-order valence-corrected chi connectivity index (χ0v) is 14.4. The number of H-pyrrole nitrogens is 1. The average molecular weight is 358 g/mol. The highest BCUT2D eigenvalue weighted by atomic mass is 16.5. The van der Waals surface area contributed by atoms with Gasteiger partial charge in [-0.05, 0) is 37.1 Å². The minimum Gasteiger partial charge on any atom is -0.494 e. The number of nitrogens with one attached hydrogen (secondary N) is 1. The maximum Gasteiger partial charge on any atom is 0.328 e. The van der Waals surface area contributed by atoms with Gasteiger partial charge in [-0.25, -0.2) is 9.78 Å². The molecule has 26 heavy (non-hydrogen) atoms. The number of ether oxygens (including phenoxy) is 1. The van der Waals surface area contributed by atoms with Crippen molar-refractivity contribution in [1.29, 1.82) is 0 Å². The summed E-state index contributed by atoms with van der Waals surface area (Å²) < 4.78 is 5.41. The third-order valence-corrected chi connectivity index (χ3v) is 3.62. The molecule has 9 nitrogen and oxygen atoms in total. The van der Waals surface area contributed by atoms with Crippen LogP contribution in [0.4, 0.5) is 0 Å². The van der Waals surface area contributed by atoms with E-state index in [0.717, 1.165) is 16.6 Å². The molecule has 1 aromatic carbocycles. The van der Waals surface area contributed by atoms with E-state index in [9.17, 15) is 9.90 Å². The van der Waals surface area contributed by atoms with E-state index >= 15 is 0 Å². The lowest BCUT2D eigenvalue weighted by molar-refractivity contribution is -0.138. The van der Waals surface area contributed by atoms with Gasteiger partial charge in [-0.3, -0.25) is 9.98 Å². The van der Waals surface area contributed by atoms with E-state index in [4.69, 9.17) is 16.2 Å². The highest BCUT2D eigenvalue weighted by molar-refractivity contribution is 5.89. The summed E-state index contributed by atoms with van der Waals surface area (Å²) in [5, 5.41) is 9.22. The second kappa shape index (κ2) is 9.21. The largest absolute Gasteiger partial charge is 0.494 e. The van der Waals surface area contributed by atoms with Crippen molar-refractivity contribution in [1.82, 2.24) is 9.97 Å². The number of imidazole rings is 1. The first kappa shape index (κ1) is 19.0. The molecule has 6 N–H and O–H groups in total. The first-order valence-corrected chi connectivity index (χ1v) is 8.01. The summed E-state index contributed by atoms with van der Waals surface area (Å²) in [6, 6.07) is 2.93. The lowest BCUT2D eigenvalue weighted by Crippen LogP contribution is -2.23. The minimum absolute atomic E-state index is 0.00821. The lowest BCUT2D eigenvalue weighted by atomic mass is 10.1. The summed E-state index contributed by atoms with van der Waals surface area (Å²) in [6.45, 7) is 0.373. The van der Waals surface area contributed by atoms with Crippen molar-refractivity contribution in [2.75, 3.05) is 13.7 Å². The highest BCUT2D eigenvalue weighted by Crippen LogP contribution is 2.28. The lowest BCUT2D eigenvalue weighted by Gasteiger charge is -2.06. The number of carboxylic acid groups (broad SMARTS) is 1. The number of nitrogens with two attached hydrogens (primary N) is 2. The van der Waals surface area contributed by atoms with E-state index in [1.54, 1.807) is 25.6 Å². The molecule has 2 rings (SSSR count). The quantitative estimate of drug-likeness (QED) is 0.300. The number of hydrogen-bond donors (Lipinski definition) is 4. The number of nitrogens with zero attached hydrogens (tertiary/aromatic N) is 3. The van der Waals surface area contributed by atoms with Crippen molar-refractivity contribution in [2.24, 2.45) is 21.5 Å². The van der Waals surface area contributed by atoms with Crippen molar-refractivity contribution in [3.05, 3.63) is 30.1 Å². The predicted molar refractivity (Wildman–Crippen MR) is 102 cm³/mol. The van der Waals surface area contributed by atoms with Crippen LogP contribution in [0.2, 0.25) is 0 Å². The Kier molecular flexibility index (Phi) is 6.72. The standard InChI is InChI=1S/C17H22N6O3/c1-26-15-11(6-7-12-14(15)23-10-22-12)4-2-8-20-13(16(24)25)5-3-9-21-17(18)19/h2,4,6-8,10,13H,3,5,9H2,1H3,(H,22,23)(H,24,25)(H4,18,19,21)/b4-2+,20-8?/t13-/m0/s1. The number of benzene rings is 1. The number of aromatic nitrogens is 2. The molecule has 0 aliphatic heterocycles. The number of fused-ring (bicyclic) bond motifs is 1. The average Bonchev–Trinajstić information content (AvgIpc) is 3.08. The second-order valence-corrected chi connectivity index (χ2v) is 5.45. The minimum atomic E-state index is -0.991. The summed E-state index contributed by atoms with van der Waals surface area (Å²) in [6.07, 6.45) is 7.39. The maximum absolute atomic E-state index is 11.3. The molecule has 138 valence electrons. The predicted octanol–water partition coefficient (Wildman–Crippen LogP) is 1.16. The van der Waals surface area contributed by atoms with Crippen LogP contribution in [0.1, 0.15) is 18.4 Å². The Morgan fingerprint density at radius 2 is 2.27 bits per heavy atom. The van der Waals surface area contributed by atoms with E-state index in [0.29, 0.717) is 25.1 Å². The number of aromatic amines is 1. The molecule has 0 aliphatic rings. The van der Waals surface area contributed by atoms with Gasteiger partial charge in [-0.15, -0.1) is 0 Å². The molecule has 0 amide bonds. The molecule has 1 heterocycles. The zero-order chi connectivity index (χ0) is 18.9. The van der Waals surface area contributed by atoms with E-state index in [1.807, 2.05) is 12.1 Å². The fourth-order valence-electron chi connectivity index (χ4n) is 2.40. The molecule has 0 fully saturated rings. The van der Waals surface area contributed by atoms with Gasteiger partial charge in [0.15, 0.2) is 11.7 Å². The van der Waals surface area contributed by atoms with Gasteiger partial charge in [0, 0.05) is 18.3 Å². The molecule has 0 spiro atoms. The van der Waals surface area contributed by atoms with Gasteiger partial charge in [0.1, 0.15) is 11.6 Å². The van der Waals surface area contributed by atoms with Crippen LogP contribution in [-0.2, 0) is 4.79 Å². The number of aliphatic imine (C=N–C) groups is 2. The van der Waals surface area contributed by atoms with Crippen LogP contribution < -0.4 is 16.2 Å². The molecule has 0 bridgehead atoms. The smallest absolute Gasteiger partial charge is 0.328 e. The van der Waals surface area contributed by atoms with E-state index < -0.39 is 12.0 Å². The van der Waals surface area contributed by atoms with Gasteiger partial charge in [0.05, 0.1) is 19.0 Å².